The van der Waals surface area contributed by atoms with Gasteiger partial charge < -0.3 is 10.4 Å². The average molecular weight is 233 g/mol. The Bertz CT molecular complexity index is 439. The van der Waals surface area contributed by atoms with Crippen molar-refractivity contribution >= 4 is 11.9 Å². The summed E-state index contributed by atoms with van der Waals surface area (Å²) in [5, 5.41) is 19.6. The quantitative estimate of drug-likeness (QED) is 0.773. The second kappa shape index (κ2) is 6.23. The van der Waals surface area contributed by atoms with Gasteiger partial charge >= 0.3 is 5.97 Å². The van der Waals surface area contributed by atoms with Crippen LogP contribution in [-0.2, 0) is 4.79 Å². The fourth-order valence-corrected chi connectivity index (χ4v) is 1.21. The Morgan fingerprint density at radius 1 is 1.47 bits per heavy atom. The number of carbonyl (C=O) groups excluding carboxylic acids is 1. The second-order valence-electron chi connectivity index (χ2n) is 3.30. The normalized spacial score (nSPS) is 11.2. The molecular weight excluding hydrogens is 222 g/mol. The molecule has 6 heteroatoms. The Morgan fingerprint density at radius 3 is 2.65 bits per heavy atom. The second-order valence-corrected chi connectivity index (χ2v) is 3.30. The molecule has 0 radical (unpaired) electrons. The van der Waals surface area contributed by atoms with Crippen molar-refractivity contribution < 1.29 is 14.7 Å². The number of carbonyl (C=O) groups is 2. The summed E-state index contributed by atoms with van der Waals surface area (Å²) in [4.78, 5) is 26.2. The number of pyridine rings is 1. The van der Waals surface area contributed by atoms with Crippen molar-refractivity contribution in [2.45, 2.75) is 18.9 Å². The third kappa shape index (κ3) is 3.91. The van der Waals surface area contributed by atoms with Crippen molar-refractivity contribution in [3.8, 4) is 6.07 Å². The van der Waals surface area contributed by atoms with E-state index in [4.69, 9.17) is 10.4 Å². The van der Waals surface area contributed by atoms with Gasteiger partial charge in [0.1, 0.15) is 6.04 Å². The largest absolute Gasteiger partial charge is 0.480 e. The lowest BCUT2D eigenvalue weighted by atomic mass is 10.1. The SMILES string of the molecule is N#CCC[C@H](NC(=O)c1ccncc1)C(=O)O. The van der Waals surface area contributed by atoms with E-state index in [9.17, 15) is 9.59 Å². The Morgan fingerprint density at radius 2 is 2.12 bits per heavy atom. The average Bonchev–Trinajstić information content (AvgIpc) is 2.35. The predicted molar refractivity (Wildman–Crippen MR) is 58.0 cm³/mol. The summed E-state index contributed by atoms with van der Waals surface area (Å²) >= 11 is 0. The first-order chi connectivity index (χ1) is 8.15. The lowest BCUT2D eigenvalue weighted by Crippen LogP contribution is -2.40. The van der Waals surface area contributed by atoms with E-state index in [1.165, 1.54) is 24.5 Å². The lowest BCUT2D eigenvalue weighted by Gasteiger charge is -2.12. The number of nitrogens with zero attached hydrogens (tertiary/aromatic N) is 2. The molecule has 6 nitrogen and oxygen atoms in total. The number of nitriles is 1. The van der Waals surface area contributed by atoms with Gasteiger partial charge in [-0.25, -0.2) is 4.79 Å². The summed E-state index contributed by atoms with van der Waals surface area (Å²) in [5.41, 5.74) is 0.336. The van der Waals surface area contributed by atoms with Gasteiger partial charge in [-0.1, -0.05) is 0 Å². The van der Waals surface area contributed by atoms with Crippen LogP contribution >= 0.6 is 0 Å². The molecular formula is C11H11N3O3. The molecule has 0 aliphatic heterocycles. The summed E-state index contributed by atoms with van der Waals surface area (Å²) < 4.78 is 0. The molecule has 0 aliphatic rings. The zero-order valence-corrected chi connectivity index (χ0v) is 8.96. The molecule has 1 rings (SSSR count). The maximum atomic E-state index is 11.6. The molecule has 1 heterocycles. The summed E-state index contributed by atoms with van der Waals surface area (Å²) in [6.07, 6.45) is 3.05. The highest BCUT2D eigenvalue weighted by Crippen LogP contribution is 2.01. The van der Waals surface area contributed by atoms with Crippen LogP contribution in [-0.4, -0.2) is 28.0 Å². The van der Waals surface area contributed by atoms with Gasteiger partial charge in [0.2, 0.25) is 0 Å². The Kier molecular flexibility index (Phi) is 4.63. The fourth-order valence-electron chi connectivity index (χ4n) is 1.21. The van der Waals surface area contributed by atoms with Crippen LogP contribution in [0.4, 0.5) is 0 Å². The van der Waals surface area contributed by atoms with E-state index >= 15 is 0 Å². The number of aromatic nitrogens is 1. The Hall–Kier alpha value is -2.42. The summed E-state index contributed by atoms with van der Waals surface area (Å²) in [6.45, 7) is 0. The van der Waals surface area contributed by atoms with Crippen LogP contribution < -0.4 is 5.32 Å². The van der Waals surface area contributed by atoms with Crippen LogP contribution in [0.1, 0.15) is 23.2 Å². The molecule has 0 saturated heterocycles. The maximum absolute atomic E-state index is 11.6. The number of amides is 1. The Balaban J connectivity index is 2.65. The molecule has 0 fully saturated rings. The number of carboxylic acids is 1. The van der Waals surface area contributed by atoms with E-state index in [1.807, 2.05) is 6.07 Å². The maximum Gasteiger partial charge on any atom is 0.326 e. The third-order valence-corrected chi connectivity index (χ3v) is 2.09. The van der Waals surface area contributed by atoms with Gasteiger partial charge in [-0.05, 0) is 18.6 Å². The van der Waals surface area contributed by atoms with Crippen molar-refractivity contribution in [3.63, 3.8) is 0 Å². The van der Waals surface area contributed by atoms with Gasteiger partial charge in [0.15, 0.2) is 0 Å². The molecule has 17 heavy (non-hydrogen) atoms. The molecule has 88 valence electrons. The lowest BCUT2D eigenvalue weighted by molar-refractivity contribution is -0.139. The van der Waals surface area contributed by atoms with Crippen molar-refractivity contribution in [1.82, 2.24) is 10.3 Å². The highest BCUT2D eigenvalue weighted by Gasteiger charge is 2.19. The van der Waals surface area contributed by atoms with Crippen LogP contribution in [0.5, 0.6) is 0 Å². The first-order valence-corrected chi connectivity index (χ1v) is 4.96. The van der Waals surface area contributed by atoms with E-state index in [2.05, 4.69) is 10.3 Å². The van der Waals surface area contributed by atoms with Crippen molar-refractivity contribution in [2.24, 2.45) is 0 Å². The highest BCUT2D eigenvalue weighted by molar-refractivity contribution is 5.96. The van der Waals surface area contributed by atoms with E-state index in [-0.39, 0.29) is 12.8 Å². The molecule has 0 aromatic carbocycles. The van der Waals surface area contributed by atoms with E-state index in [0.29, 0.717) is 5.56 Å². The van der Waals surface area contributed by atoms with Gasteiger partial charge in [-0.15, -0.1) is 0 Å². The summed E-state index contributed by atoms with van der Waals surface area (Å²) in [5.74, 6) is -1.64. The molecule has 1 aromatic rings. The molecule has 1 amide bonds. The van der Waals surface area contributed by atoms with Crippen molar-refractivity contribution in [2.75, 3.05) is 0 Å². The molecule has 0 spiro atoms. The number of nitrogens with one attached hydrogen (secondary N) is 1. The first-order valence-electron chi connectivity index (χ1n) is 4.96. The molecule has 0 bridgehead atoms. The minimum atomic E-state index is -1.15. The molecule has 0 unspecified atom stereocenters. The van der Waals surface area contributed by atoms with Gasteiger partial charge in [-0.2, -0.15) is 5.26 Å². The van der Waals surface area contributed by atoms with Crippen LogP contribution in [0.3, 0.4) is 0 Å². The van der Waals surface area contributed by atoms with E-state index in [1.54, 1.807) is 0 Å². The molecule has 1 aromatic heterocycles. The molecule has 0 saturated carbocycles. The third-order valence-electron chi connectivity index (χ3n) is 2.09. The summed E-state index contributed by atoms with van der Waals surface area (Å²) in [7, 11) is 0. The van der Waals surface area contributed by atoms with Crippen LogP contribution in [0.15, 0.2) is 24.5 Å². The van der Waals surface area contributed by atoms with Crippen LogP contribution in [0.2, 0.25) is 0 Å². The smallest absolute Gasteiger partial charge is 0.326 e. The minimum absolute atomic E-state index is 0.0770. The van der Waals surface area contributed by atoms with Gasteiger partial charge in [0, 0.05) is 24.4 Å². The van der Waals surface area contributed by atoms with Gasteiger partial charge in [-0.3, -0.25) is 9.78 Å². The van der Waals surface area contributed by atoms with E-state index < -0.39 is 17.9 Å². The van der Waals surface area contributed by atoms with Crippen LogP contribution in [0, 0.1) is 11.3 Å². The van der Waals surface area contributed by atoms with Gasteiger partial charge in [0.05, 0.1) is 6.07 Å². The minimum Gasteiger partial charge on any atom is -0.480 e. The number of hydrogen-bond acceptors (Lipinski definition) is 4. The zero-order valence-electron chi connectivity index (χ0n) is 8.96. The van der Waals surface area contributed by atoms with Gasteiger partial charge in [0.25, 0.3) is 5.91 Å². The number of rotatable bonds is 5. The fraction of sp³-hybridized carbons (Fsp3) is 0.273. The molecule has 2 N–H and O–H groups in total. The molecule has 1 atom stereocenters. The summed E-state index contributed by atoms with van der Waals surface area (Å²) in [6, 6.07) is 3.76. The van der Waals surface area contributed by atoms with Crippen molar-refractivity contribution in [1.29, 1.82) is 5.26 Å². The number of aliphatic carboxylic acids is 1. The predicted octanol–water partition coefficient (Wildman–Crippen LogP) is 0.568. The topological polar surface area (TPSA) is 103 Å². The highest BCUT2D eigenvalue weighted by atomic mass is 16.4. The van der Waals surface area contributed by atoms with E-state index in [0.717, 1.165) is 0 Å². The zero-order chi connectivity index (χ0) is 12.7. The Labute approximate surface area is 97.9 Å². The monoisotopic (exact) mass is 233 g/mol. The standard InChI is InChI=1S/C11H11N3O3/c12-5-1-2-9(11(16)17)14-10(15)8-3-6-13-7-4-8/h3-4,6-7,9H,1-2H2,(H,14,15)(H,16,17)/t9-/m0/s1. The van der Waals surface area contributed by atoms with Crippen molar-refractivity contribution in [3.05, 3.63) is 30.1 Å². The van der Waals surface area contributed by atoms with Crippen LogP contribution in [0.25, 0.3) is 0 Å². The number of hydrogen-bond donors (Lipinski definition) is 2. The molecule has 0 aliphatic carbocycles. The number of carboxylic acid groups (broad SMARTS) is 1. The first kappa shape index (κ1) is 12.6.